The lowest BCUT2D eigenvalue weighted by Gasteiger charge is -2.34. The minimum absolute atomic E-state index is 0.116. The van der Waals surface area contributed by atoms with Gasteiger partial charge in [-0.2, -0.15) is 4.31 Å². The van der Waals surface area contributed by atoms with Crippen LogP contribution in [0.4, 0.5) is 0 Å². The van der Waals surface area contributed by atoms with E-state index in [4.69, 9.17) is 14.2 Å². The van der Waals surface area contributed by atoms with Gasteiger partial charge in [-0.3, -0.25) is 0 Å². The van der Waals surface area contributed by atoms with Gasteiger partial charge in [-0.05, 0) is 26.0 Å². The largest absolute Gasteiger partial charge is 0.497 e. The Bertz CT molecular complexity index is 591. The molecule has 118 valence electrons. The summed E-state index contributed by atoms with van der Waals surface area (Å²) in [4.78, 5) is 0.116. The molecule has 1 fully saturated rings. The second-order valence-corrected chi connectivity index (χ2v) is 7.00. The summed E-state index contributed by atoms with van der Waals surface area (Å²) in [6.07, 6.45) is -0.278. The molecule has 1 heterocycles. The minimum Gasteiger partial charge on any atom is -0.497 e. The fourth-order valence-corrected chi connectivity index (χ4v) is 4.21. The topological polar surface area (TPSA) is 65.1 Å². The standard InChI is InChI=1S/C14H21NO5S/c1-10-8-15(9-11(2)20-10)21(16,17)14-7-12(18-3)5-6-13(14)19-4/h5-7,10-11H,8-9H2,1-4H3/t10-,11+. The quantitative estimate of drug-likeness (QED) is 0.842. The summed E-state index contributed by atoms with van der Waals surface area (Å²) < 4.78 is 43.0. The van der Waals surface area contributed by atoms with E-state index in [1.807, 2.05) is 13.8 Å². The van der Waals surface area contributed by atoms with Crippen molar-refractivity contribution in [1.29, 1.82) is 0 Å². The number of rotatable bonds is 4. The van der Waals surface area contributed by atoms with E-state index < -0.39 is 10.0 Å². The van der Waals surface area contributed by atoms with Crippen LogP contribution < -0.4 is 9.47 Å². The van der Waals surface area contributed by atoms with Gasteiger partial charge in [0, 0.05) is 19.2 Å². The van der Waals surface area contributed by atoms with Crippen LogP contribution in [0.25, 0.3) is 0 Å². The molecule has 1 aromatic carbocycles. The molecule has 0 aliphatic carbocycles. The summed E-state index contributed by atoms with van der Waals surface area (Å²) in [5.41, 5.74) is 0. The van der Waals surface area contributed by atoms with Gasteiger partial charge in [0.1, 0.15) is 16.4 Å². The van der Waals surface area contributed by atoms with Gasteiger partial charge >= 0.3 is 0 Å². The molecule has 0 bridgehead atoms. The highest BCUT2D eigenvalue weighted by atomic mass is 32.2. The van der Waals surface area contributed by atoms with Gasteiger partial charge in [0.15, 0.2) is 0 Å². The average molecular weight is 315 g/mol. The molecule has 1 aromatic rings. The molecular formula is C14H21NO5S. The summed E-state index contributed by atoms with van der Waals surface area (Å²) in [5, 5.41) is 0. The van der Waals surface area contributed by atoms with E-state index in [9.17, 15) is 8.42 Å². The Morgan fingerprint density at radius 2 is 1.76 bits per heavy atom. The second-order valence-electron chi connectivity index (χ2n) is 5.10. The van der Waals surface area contributed by atoms with E-state index in [1.54, 1.807) is 12.1 Å². The van der Waals surface area contributed by atoms with Gasteiger partial charge in [-0.25, -0.2) is 8.42 Å². The molecule has 0 aromatic heterocycles. The van der Waals surface area contributed by atoms with Crippen molar-refractivity contribution >= 4 is 10.0 Å². The Hall–Kier alpha value is -1.31. The Morgan fingerprint density at radius 3 is 2.29 bits per heavy atom. The molecule has 0 N–H and O–H groups in total. The Morgan fingerprint density at radius 1 is 1.14 bits per heavy atom. The number of benzene rings is 1. The van der Waals surface area contributed by atoms with E-state index in [0.717, 1.165) is 0 Å². The van der Waals surface area contributed by atoms with Crippen LogP contribution in [0.15, 0.2) is 23.1 Å². The van der Waals surface area contributed by atoms with Gasteiger partial charge in [-0.15, -0.1) is 0 Å². The maximum atomic E-state index is 12.9. The van der Waals surface area contributed by atoms with Crippen LogP contribution in [0.1, 0.15) is 13.8 Å². The van der Waals surface area contributed by atoms with Crippen molar-refractivity contribution in [3.63, 3.8) is 0 Å². The van der Waals surface area contributed by atoms with Crippen LogP contribution in [0.3, 0.4) is 0 Å². The zero-order valence-electron chi connectivity index (χ0n) is 12.7. The van der Waals surface area contributed by atoms with Crippen molar-refractivity contribution in [3.05, 3.63) is 18.2 Å². The van der Waals surface area contributed by atoms with E-state index in [1.165, 1.54) is 24.6 Å². The molecule has 0 spiro atoms. The Kier molecular flexibility index (Phi) is 4.75. The summed E-state index contributed by atoms with van der Waals surface area (Å²) >= 11 is 0. The third-order valence-electron chi connectivity index (χ3n) is 3.37. The molecule has 2 rings (SSSR count). The fraction of sp³-hybridized carbons (Fsp3) is 0.571. The molecule has 21 heavy (non-hydrogen) atoms. The molecule has 1 aliphatic heterocycles. The van der Waals surface area contributed by atoms with Crippen molar-refractivity contribution in [2.45, 2.75) is 31.0 Å². The smallest absolute Gasteiger partial charge is 0.247 e. The summed E-state index contributed by atoms with van der Waals surface area (Å²) in [5.74, 6) is 0.784. The SMILES string of the molecule is COc1ccc(OC)c(S(=O)(=O)N2C[C@@H](C)O[C@@H](C)C2)c1. The number of ether oxygens (including phenoxy) is 3. The number of morpholine rings is 1. The first kappa shape index (κ1) is 16.1. The summed E-state index contributed by atoms with van der Waals surface area (Å²) in [6.45, 7) is 4.38. The number of nitrogens with zero attached hydrogens (tertiary/aromatic N) is 1. The van der Waals surface area contributed by atoms with Crippen LogP contribution in [0.2, 0.25) is 0 Å². The molecule has 0 saturated carbocycles. The Labute approximate surface area is 125 Å². The van der Waals surface area contributed by atoms with Gasteiger partial charge in [0.25, 0.3) is 0 Å². The number of hydrogen-bond acceptors (Lipinski definition) is 5. The lowest BCUT2D eigenvalue weighted by Crippen LogP contribution is -2.48. The first-order valence-corrected chi connectivity index (χ1v) is 8.20. The van der Waals surface area contributed by atoms with Crippen LogP contribution >= 0.6 is 0 Å². The van der Waals surface area contributed by atoms with Crippen LogP contribution in [0, 0.1) is 0 Å². The molecule has 6 nitrogen and oxygen atoms in total. The van der Waals surface area contributed by atoms with Crippen molar-refractivity contribution in [1.82, 2.24) is 4.31 Å². The van der Waals surface area contributed by atoms with Crippen LogP contribution in [0.5, 0.6) is 11.5 Å². The normalized spacial score (nSPS) is 23.8. The number of methoxy groups -OCH3 is 2. The van der Waals surface area contributed by atoms with Gasteiger partial charge in [0.2, 0.25) is 10.0 Å². The lowest BCUT2D eigenvalue weighted by atomic mass is 10.3. The van der Waals surface area contributed by atoms with Crippen molar-refractivity contribution in [3.8, 4) is 11.5 Å². The number of hydrogen-bond donors (Lipinski definition) is 0. The minimum atomic E-state index is -3.65. The molecule has 1 aliphatic rings. The maximum absolute atomic E-state index is 12.9. The predicted molar refractivity (Wildman–Crippen MR) is 78.3 cm³/mol. The number of sulfonamides is 1. The van der Waals surface area contributed by atoms with Gasteiger partial charge < -0.3 is 14.2 Å². The third kappa shape index (κ3) is 3.30. The maximum Gasteiger partial charge on any atom is 0.247 e. The van der Waals surface area contributed by atoms with Crippen molar-refractivity contribution in [2.75, 3.05) is 27.3 Å². The van der Waals surface area contributed by atoms with Crippen molar-refractivity contribution in [2.24, 2.45) is 0 Å². The predicted octanol–water partition coefficient (Wildman–Crippen LogP) is 1.50. The molecular weight excluding hydrogens is 294 g/mol. The van der Waals surface area contributed by atoms with Crippen LogP contribution in [-0.4, -0.2) is 52.2 Å². The monoisotopic (exact) mass is 315 g/mol. The average Bonchev–Trinajstić information content (AvgIpc) is 2.45. The Balaban J connectivity index is 2.43. The van der Waals surface area contributed by atoms with E-state index in [2.05, 4.69) is 0 Å². The van der Waals surface area contributed by atoms with Crippen LogP contribution in [-0.2, 0) is 14.8 Å². The highest BCUT2D eigenvalue weighted by molar-refractivity contribution is 7.89. The summed E-state index contributed by atoms with van der Waals surface area (Å²) in [7, 11) is -0.708. The molecule has 7 heteroatoms. The zero-order chi connectivity index (χ0) is 15.6. The van der Waals surface area contributed by atoms with E-state index in [-0.39, 0.29) is 17.1 Å². The highest BCUT2D eigenvalue weighted by Gasteiger charge is 2.34. The zero-order valence-corrected chi connectivity index (χ0v) is 13.5. The first-order chi connectivity index (χ1) is 9.88. The van der Waals surface area contributed by atoms with E-state index in [0.29, 0.717) is 24.6 Å². The summed E-state index contributed by atoms with van der Waals surface area (Å²) in [6, 6.07) is 4.75. The molecule has 0 unspecified atom stereocenters. The first-order valence-electron chi connectivity index (χ1n) is 6.76. The molecule has 0 radical (unpaired) electrons. The van der Waals surface area contributed by atoms with Gasteiger partial charge in [0.05, 0.1) is 26.4 Å². The van der Waals surface area contributed by atoms with Gasteiger partial charge in [-0.1, -0.05) is 0 Å². The lowest BCUT2D eigenvalue weighted by molar-refractivity contribution is -0.0441. The third-order valence-corrected chi connectivity index (χ3v) is 5.23. The molecule has 2 atom stereocenters. The molecule has 0 amide bonds. The molecule has 1 saturated heterocycles. The van der Waals surface area contributed by atoms with Crippen molar-refractivity contribution < 1.29 is 22.6 Å². The second kappa shape index (κ2) is 6.21. The van der Waals surface area contributed by atoms with E-state index >= 15 is 0 Å². The highest BCUT2D eigenvalue weighted by Crippen LogP contribution is 2.31. The fourth-order valence-electron chi connectivity index (χ4n) is 2.45.